The highest BCUT2D eigenvalue weighted by Crippen LogP contribution is 2.36. The Kier molecular flexibility index (Phi) is 4.13. The zero-order chi connectivity index (χ0) is 20.6. The molecular weight excluding hydrogens is 382 g/mol. The molecular formula is C27H19N3O. The summed E-state index contributed by atoms with van der Waals surface area (Å²) in [5.41, 5.74) is 3.77. The van der Waals surface area contributed by atoms with Gasteiger partial charge in [-0.1, -0.05) is 90.1 Å². The normalized spacial score (nSPS) is 15.8. The standard InChI is InChI=1S/C27H19N3O/c1-2-10-21(11-3-1)26-29-31-27(25-17-15-20-9-6-7-13-24(20)28-25)30(26)23-16-14-19-8-4-5-12-22(19)18-23/h1-18,27H. The first-order valence-corrected chi connectivity index (χ1v) is 10.3. The number of anilines is 1. The van der Waals surface area contributed by atoms with Crippen molar-refractivity contribution in [2.75, 3.05) is 4.90 Å². The molecule has 0 aliphatic carbocycles. The van der Waals surface area contributed by atoms with Crippen molar-refractivity contribution in [2.24, 2.45) is 5.16 Å². The van der Waals surface area contributed by atoms with Crippen LogP contribution in [-0.2, 0) is 4.84 Å². The van der Waals surface area contributed by atoms with E-state index in [2.05, 4.69) is 64.7 Å². The van der Waals surface area contributed by atoms with Crippen molar-refractivity contribution in [2.45, 2.75) is 6.23 Å². The van der Waals surface area contributed by atoms with Crippen LogP contribution in [0.25, 0.3) is 21.7 Å². The van der Waals surface area contributed by atoms with E-state index >= 15 is 0 Å². The van der Waals surface area contributed by atoms with E-state index in [9.17, 15) is 0 Å². The van der Waals surface area contributed by atoms with Crippen molar-refractivity contribution in [3.8, 4) is 0 Å². The van der Waals surface area contributed by atoms with Crippen molar-refractivity contribution in [3.05, 3.63) is 120 Å². The maximum atomic E-state index is 5.99. The predicted octanol–water partition coefficient (Wildman–Crippen LogP) is 6.29. The van der Waals surface area contributed by atoms with Crippen LogP contribution >= 0.6 is 0 Å². The van der Waals surface area contributed by atoms with E-state index in [-0.39, 0.29) is 0 Å². The van der Waals surface area contributed by atoms with Crippen molar-refractivity contribution in [1.82, 2.24) is 4.98 Å². The monoisotopic (exact) mass is 401 g/mol. The lowest BCUT2D eigenvalue weighted by molar-refractivity contribution is 0.0839. The van der Waals surface area contributed by atoms with E-state index in [0.29, 0.717) is 0 Å². The van der Waals surface area contributed by atoms with Gasteiger partial charge in [0.2, 0.25) is 6.23 Å². The van der Waals surface area contributed by atoms with Crippen LogP contribution in [-0.4, -0.2) is 10.8 Å². The van der Waals surface area contributed by atoms with Crippen molar-refractivity contribution in [1.29, 1.82) is 0 Å². The van der Waals surface area contributed by atoms with Gasteiger partial charge in [-0.05, 0) is 35.0 Å². The molecule has 0 fully saturated rings. The quantitative estimate of drug-likeness (QED) is 0.357. The molecule has 2 heterocycles. The highest BCUT2D eigenvalue weighted by Gasteiger charge is 2.35. The first kappa shape index (κ1) is 17.7. The van der Waals surface area contributed by atoms with Crippen LogP contribution in [0.4, 0.5) is 5.69 Å². The molecule has 4 heteroatoms. The van der Waals surface area contributed by atoms with Crippen molar-refractivity contribution in [3.63, 3.8) is 0 Å². The van der Waals surface area contributed by atoms with E-state index in [0.717, 1.165) is 33.7 Å². The Hall–Kier alpha value is -4.18. The topological polar surface area (TPSA) is 37.7 Å². The molecule has 1 aromatic heterocycles. The summed E-state index contributed by atoms with van der Waals surface area (Å²) < 4.78 is 0. The fraction of sp³-hybridized carbons (Fsp3) is 0.0370. The molecule has 0 bridgehead atoms. The number of oxime groups is 1. The largest absolute Gasteiger partial charge is 0.361 e. The van der Waals surface area contributed by atoms with E-state index < -0.39 is 6.23 Å². The molecule has 1 aliphatic heterocycles. The van der Waals surface area contributed by atoms with Crippen LogP contribution in [0, 0.1) is 0 Å². The Labute approximate surface area is 180 Å². The minimum atomic E-state index is -0.444. The molecule has 0 saturated carbocycles. The number of rotatable bonds is 3. The van der Waals surface area contributed by atoms with Gasteiger partial charge in [0.1, 0.15) is 5.69 Å². The summed E-state index contributed by atoms with van der Waals surface area (Å²) in [4.78, 5) is 13.0. The molecule has 4 aromatic carbocycles. The second kappa shape index (κ2) is 7.26. The van der Waals surface area contributed by atoms with Crippen molar-refractivity contribution < 1.29 is 4.84 Å². The van der Waals surface area contributed by atoms with Gasteiger partial charge in [0.15, 0.2) is 5.84 Å². The third-order valence-electron chi connectivity index (χ3n) is 5.62. The molecule has 148 valence electrons. The SMILES string of the molecule is c1ccc(C2=NOC(c3ccc4ccccc4n3)N2c2ccc3ccccc3c2)cc1. The van der Waals surface area contributed by atoms with Crippen LogP contribution in [0.2, 0.25) is 0 Å². The van der Waals surface area contributed by atoms with Gasteiger partial charge >= 0.3 is 0 Å². The number of hydrogen-bond donors (Lipinski definition) is 0. The van der Waals surface area contributed by atoms with Gasteiger partial charge in [-0.3, -0.25) is 4.90 Å². The van der Waals surface area contributed by atoms with Gasteiger partial charge in [-0.2, -0.15) is 0 Å². The minimum absolute atomic E-state index is 0.444. The molecule has 0 N–H and O–H groups in total. The Morgan fingerprint density at radius 1 is 0.645 bits per heavy atom. The number of hydrogen-bond acceptors (Lipinski definition) is 4. The maximum Gasteiger partial charge on any atom is 0.248 e. The molecule has 6 rings (SSSR count). The molecule has 4 nitrogen and oxygen atoms in total. The number of para-hydroxylation sites is 1. The van der Waals surface area contributed by atoms with E-state index in [1.165, 1.54) is 10.8 Å². The lowest BCUT2D eigenvalue weighted by Crippen LogP contribution is -2.31. The van der Waals surface area contributed by atoms with E-state index in [1.807, 2.05) is 54.6 Å². The van der Waals surface area contributed by atoms with Gasteiger partial charge in [0, 0.05) is 16.6 Å². The first-order chi connectivity index (χ1) is 15.4. The third-order valence-corrected chi connectivity index (χ3v) is 5.62. The molecule has 0 spiro atoms. The number of amidine groups is 1. The van der Waals surface area contributed by atoms with Gasteiger partial charge < -0.3 is 4.84 Å². The Balaban J connectivity index is 1.50. The molecule has 0 radical (unpaired) electrons. The number of nitrogens with zero attached hydrogens (tertiary/aromatic N) is 3. The van der Waals surface area contributed by atoms with Gasteiger partial charge in [0.25, 0.3) is 0 Å². The number of benzene rings is 4. The molecule has 1 atom stereocenters. The fourth-order valence-electron chi connectivity index (χ4n) is 4.07. The summed E-state index contributed by atoms with van der Waals surface area (Å²) in [6.45, 7) is 0. The lowest BCUT2D eigenvalue weighted by atomic mass is 10.1. The highest BCUT2D eigenvalue weighted by molar-refractivity contribution is 6.11. The van der Waals surface area contributed by atoms with E-state index in [1.54, 1.807) is 0 Å². The van der Waals surface area contributed by atoms with Crippen LogP contribution < -0.4 is 4.90 Å². The Morgan fingerprint density at radius 2 is 1.35 bits per heavy atom. The second-order valence-electron chi connectivity index (χ2n) is 7.57. The average molecular weight is 401 g/mol. The molecule has 0 saturated heterocycles. The van der Waals surface area contributed by atoms with Gasteiger partial charge in [-0.25, -0.2) is 4.98 Å². The summed E-state index contributed by atoms with van der Waals surface area (Å²) in [5, 5.41) is 7.96. The van der Waals surface area contributed by atoms with E-state index in [4.69, 9.17) is 9.82 Å². The third kappa shape index (κ3) is 3.09. The fourth-order valence-corrected chi connectivity index (χ4v) is 4.07. The minimum Gasteiger partial charge on any atom is -0.361 e. The summed E-state index contributed by atoms with van der Waals surface area (Å²) in [7, 11) is 0. The zero-order valence-corrected chi connectivity index (χ0v) is 16.7. The zero-order valence-electron chi connectivity index (χ0n) is 16.7. The lowest BCUT2D eigenvalue weighted by Gasteiger charge is -2.25. The van der Waals surface area contributed by atoms with Crippen LogP contribution in [0.3, 0.4) is 0 Å². The number of pyridine rings is 1. The Morgan fingerprint density at radius 3 is 2.23 bits per heavy atom. The van der Waals surface area contributed by atoms with Crippen molar-refractivity contribution >= 4 is 33.2 Å². The summed E-state index contributed by atoms with van der Waals surface area (Å²) in [6, 6.07) is 37.1. The number of aromatic nitrogens is 1. The predicted molar refractivity (Wildman–Crippen MR) is 125 cm³/mol. The van der Waals surface area contributed by atoms with Gasteiger partial charge in [-0.15, -0.1) is 0 Å². The molecule has 1 unspecified atom stereocenters. The molecule has 0 amide bonds. The summed E-state index contributed by atoms with van der Waals surface area (Å²) >= 11 is 0. The summed E-state index contributed by atoms with van der Waals surface area (Å²) in [6.07, 6.45) is -0.444. The Bertz CT molecular complexity index is 1430. The molecule has 1 aliphatic rings. The van der Waals surface area contributed by atoms with Crippen LogP contribution in [0.1, 0.15) is 17.5 Å². The summed E-state index contributed by atoms with van der Waals surface area (Å²) in [5.74, 6) is 0.774. The number of fused-ring (bicyclic) bond motifs is 2. The molecule has 5 aromatic rings. The smallest absolute Gasteiger partial charge is 0.248 e. The molecule has 31 heavy (non-hydrogen) atoms. The van der Waals surface area contributed by atoms with Crippen LogP contribution in [0.5, 0.6) is 0 Å². The van der Waals surface area contributed by atoms with Gasteiger partial charge in [0.05, 0.1) is 5.52 Å². The average Bonchev–Trinajstić information content (AvgIpc) is 3.29. The second-order valence-corrected chi connectivity index (χ2v) is 7.57. The maximum absolute atomic E-state index is 5.99. The first-order valence-electron chi connectivity index (χ1n) is 10.3. The highest BCUT2D eigenvalue weighted by atomic mass is 16.7. The van der Waals surface area contributed by atoms with Crippen LogP contribution in [0.15, 0.2) is 114 Å².